The normalized spacial score (nSPS) is 21.4. The van der Waals surface area contributed by atoms with E-state index >= 15 is 0 Å². The molecule has 2 fully saturated rings. The highest BCUT2D eigenvalue weighted by Crippen LogP contribution is 2.29. The van der Waals surface area contributed by atoms with Crippen molar-refractivity contribution in [2.75, 3.05) is 13.1 Å². The average Bonchev–Trinajstić information content (AvgIpc) is 3.56. The Morgan fingerprint density at radius 3 is 2.33 bits per heavy atom. The second kappa shape index (κ2) is 15.3. The van der Waals surface area contributed by atoms with Crippen molar-refractivity contribution in [3.8, 4) is 22.8 Å². The molecule has 12 heteroatoms. The number of carbonyl (C=O) groups is 2. The predicted molar refractivity (Wildman–Crippen MR) is 182 cm³/mol. The van der Waals surface area contributed by atoms with Crippen LogP contribution in [0.4, 0.5) is 4.39 Å². The number of nitrogens with zero attached hydrogens (tertiary/aromatic N) is 3. The second-order valence-corrected chi connectivity index (χ2v) is 13.7. The first kappa shape index (κ1) is 33.7. The van der Waals surface area contributed by atoms with Gasteiger partial charge < -0.3 is 25.8 Å². The van der Waals surface area contributed by atoms with Gasteiger partial charge in [0.2, 0.25) is 5.88 Å². The maximum atomic E-state index is 14.3. The lowest BCUT2D eigenvalue weighted by molar-refractivity contribution is 0.0887. The Bertz CT molecular complexity index is 1720. The van der Waals surface area contributed by atoms with E-state index in [1.807, 2.05) is 18.2 Å². The minimum Gasteiger partial charge on any atom is -0.438 e. The SMILES string of the molecule is C[C@@H]1CN(Cc2ccc(-c3cccc(Oc4ncc(F)cc4C(=O)NC4CCC(NC(=O)c5csc(CO)n5)CC4)c3)cc2)C[C@H](C)N1. The Labute approximate surface area is 283 Å². The minimum atomic E-state index is -0.635. The van der Waals surface area contributed by atoms with Gasteiger partial charge in [-0.05, 0) is 74.4 Å². The Morgan fingerprint density at radius 2 is 1.67 bits per heavy atom. The Morgan fingerprint density at radius 1 is 0.979 bits per heavy atom. The van der Waals surface area contributed by atoms with Gasteiger partial charge in [0.15, 0.2) is 0 Å². The largest absolute Gasteiger partial charge is 0.438 e. The fraction of sp³-hybridized carbons (Fsp3) is 0.389. The van der Waals surface area contributed by atoms with Gasteiger partial charge in [0.05, 0.1) is 12.8 Å². The number of aliphatic hydroxyl groups excluding tert-OH is 1. The van der Waals surface area contributed by atoms with E-state index in [-0.39, 0.29) is 36.0 Å². The number of ether oxygens (including phenoxy) is 1. The summed E-state index contributed by atoms with van der Waals surface area (Å²) in [5.41, 5.74) is 3.54. The van der Waals surface area contributed by atoms with Crippen LogP contribution in [0.5, 0.6) is 11.6 Å². The van der Waals surface area contributed by atoms with E-state index in [4.69, 9.17) is 4.74 Å². The van der Waals surface area contributed by atoms with Gasteiger partial charge in [-0.2, -0.15) is 0 Å². The third-order valence-corrected chi connectivity index (χ3v) is 9.59. The standard InChI is InChI=1S/C36H41FN6O4S/c1-22-17-43(18-23(2)39-22)19-24-6-8-25(9-7-24)26-4-3-5-30(14-26)47-36-31(15-27(37)16-38-36)34(45)40-28-10-12-29(13-11-28)41-35(46)32-21-48-33(20-44)42-32/h3-9,14-16,21-23,28-29,39,44H,10-13,17-20H2,1-2H3,(H,40,45)(H,41,46)/t22-,23+,28?,29?. The summed E-state index contributed by atoms with van der Waals surface area (Å²) < 4.78 is 20.4. The van der Waals surface area contributed by atoms with Gasteiger partial charge in [-0.25, -0.2) is 14.4 Å². The molecule has 0 radical (unpaired) electrons. The van der Waals surface area contributed by atoms with Crippen LogP contribution in [-0.2, 0) is 13.2 Å². The first-order valence-corrected chi connectivity index (χ1v) is 17.3. The van der Waals surface area contributed by atoms with E-state index in [0.29, 0.717) is 54.2 Å². The number of hydrogen-bond acceptors (Lipinski definition) is 9. The average molecular weight is 673 g/mol. The van der Waals surface area contributed by atoms with Crippen LogP contribution >= 0.6 is 11.3 Å². The topological polar surface area (TPSA) is 129 Å². The molecule has 0 spiro atoms. The van der Waals surface area contributed by atoms with E-state index < -0.39 is 11.7 Å². The van der Waals surface area contributed by atoms with Gasteiger partial charge in [0.1, 0.15) is 27.8 Å². The van der Waals surface area contributed by atoms with E-state index in [1.54, 1.807) is 11.4 Å². The molecule has 1 aliphatic heterocycles. The molecule has 0 bridgehead atoms. The lowest BCUT2D eigenvalue weighted by Crippen LogP contribution is -2.53. The summed E-state index contributed by atoms with van der Waals surface area (Å²) in [5, 5.41) is 20.9. The third-order valence-electron chi connectivity index (χ3n) is 8.75. The van der Waals surface area contributed by atoms with Gasteiger partial charge >= 0.3 is 0 Å². The lowest BCUT2D eigenvalue weighted by Gasteiger charge is -2.36. The molecule has 3 heterocycles. The molecule has 4 aromatic rings. The molecule has 252 valence electrons. The molecule has 10 nitrogen and oxygen atoms in total. The highest BCUT2D eigenvalue weighted by Gasteiger charge is 2.27. The van der Waals surface area contributed by atoms with Crippen molar-refractivity contribution in [3.63, 3.8) is 0 Å². The number of nitrogens with one attached hydrogen (secondary N) is 3. The Hall–Kier alpha value is -4.23. The zero-order chi connectivity index (χ0) is 33.6. The molecule has 0 unspecified atom stereocenters. The molecule has 2 amide bonds. The molecule has 4 N–H and O–H groups in total. The fourth-order valence-electron chi connectivity index (χ4n) is 6.54. The molecule has 1 saturated carbocycles. The monoisotopic (exact) mass is 672 g/mol. The minimum absolute atomic E-state index is 0.0138. The van der Waals surface area contributed by atoms with Crippen molar-refractivity contribution in [3.05, 3.63) is 93.8 Å². The highest BCUT2D eigenvalue weighted by atomic mass is 32.1. The van der Waals surface area contributed by atoms with Crippen LogP contribution in [0, 0.1) is 5.82 Å². The number of benzene rings is 2. The van der Waals surface area contributed by atoms with Gasteiger partial charge in [0, 0.05) is 49.2 Å². The zero-order valence-electron chi connectivity index (χ0n) is 27.1. The van der Waals surface area contributed by atoms with Gasteiger partial charge in [0.25, 0.3) is 11.8 Å². The number of rotatable bonds is 10. The lowest BCUT2D eigenvalue weighted by atomic mass is 9.91. The smallest absolute Gasteiger partial charge is 0.270 e. The van der Waals surface area contributed by atoms with Crippen LogP contribution in [0.2, 0.25) is 0 Å². The second-order valence-electron chi connectivity index (χ2n) is 12.8. The Kier molecular flexibility index (Phi) is 10.8. The van der Waals surface area contributed by atoms with Crippen molar-refractivity contribution < 1.29 is 23.8 Å². The van der Waals surface area contributed by atoms with E-state index in [2.05, 4.69) is 68.9 Å². The number of piperazine rings is 1. The molecular weight excluding hydrogens is 631 g/mol. The van der Waals surface area contributed by atoms with Crippen LogP contribution in [0.3, 0.4) is 0 Å². The molecule has 6 rings (SSSR count). The van der Waals surface area contributed by atoms with E-state index in [0.717, 1.165) is 43.0 Å². The highest BCUT2D eigenvalue weighted by molar-refractivity contribution is 7.09. The summed E-state index contributed by atoms with van der Waals surface area (Å²) in [6, 6.07) is 17.9. The molecule has 48 heavy (non-hydrogen) atoms. The first-order chi connectivity index (χ1) is 23.2. The predicted octanol–water partition coefficient (Wildman–Crippen LogP) is 5.28. The molecule has 2 atom stereocenters. The number of pyridine rings is 1. The number of thiazole rings is 1. The van der Waals surface area contributed by atoms with Crippen LogP contribution < -0.4 is 20.7 Å². The van der Waals surface area contributed by atoms with Crippen molar-refractivity contribution in [1.82, 2.24) is 30.8 Å². The first-order valence-electron chi connectivity index (χ1n) is 16.4. The number of aliphatic hydroxyl groups is 1. The van der Waals surface area contributed by atoms with Gasteiger partial charge in [-0.15, -0.1) is 11.3 Å². The summed E-state index contributed by atoms with van der Waals surface area (Å²) in [6.07, 6.45) is 3.65. The summed E-state index contributed by atoms with van der Waals surface area (Å²) in [7, 11) is 0. The van der Waals surface area contributed by atoms with Crippen LogP contribution in [0.15, 0.2) is 66.2 Å². The molecule has 2 aromatic heterocycles. The number of carbonyl (C=O) groups excluding carboxylic acids is 2. The van der Waals surface area contributed by atoms with Gasteiger partial charge in [-0.3, -0.25) is 14.5 Å². The molecule has 2 aromatic carbocycles. The third kappa shape index (κ3) is 8.62. The maximum absolute atomic E-state index is 14.3. The van der Waals surface area contributed by atoms with Crippen LogP contribution in [-0.4, -0.2) is 69.0 Å². The number of amides is 2. The van der Waals surface area contributed by atoms with Crippen LogP contribution in [0.25, 0.3) is 11.1 Å². The molecule has 2 aliphatic rings. The molecule has 1 aliphatic carbocycles. The quantitative estimate of drug-likeness (QED) is 0.179. The fourth-order valence-corrected chi connectivity index (χ4v) is 7.18. The van der Waals surface area contributed by atoms with E-state index in [9.17, 15) is 19.1 Å². The molecule has 1 saturated heterocycles. The number of halogens is 1. The van der Waals surface area contributed by atoms with Gasteiger partial charge in [-0.1, -0.05) is 36.4 Å². The molecular formula is C36H41FN6O4S. The zero-order valence-corrected chi connectivity index (χ0v) is 27.9. The summed E-state index contributed by atoms with van der Waals surface area (Å²) in [6.45, 7) is 7.18. The van der Waals surface area contributed by atoms with E-state index in [1.165, 1.54) is 16.9 Å². The summed E-state index contributed by atoms with van der Waals surface area (Å²) >= 11 is 1.24. The Balaban J connectivity index is 1.05. The summed E-state index contributed by atoms with van der Waals surface area (Å²) in [5.74, 6) is -0.877. The number of hydrogen-bond donors (Lipinski definition) is 4. The van der Waals surface area contributed by atoms with Crippen molar-refractivity contribution >= 4 is 23.2 Å². The van der Waals surface area contributed by atoms with Crippen molar-refractivity contribution in [1.29, 1.82) is 0 Å². The van der Waals surface area contributed by atoms with Crippen LogP contribution in [0.1, 0.15) is 70.9 Å². The maximum Gasteiger partial charge on any atom is 0.270 e. The number of aromatic nitrogens is 2. The summed E-state index contributed by atoms with van der Waals surface area (Å²) in [4.78, 5) is 36.6. The van der Waals surface area contributed by atoms with Crippen molar-refractivity contribution in [2.24, 2.45) is 0 Å². The van der Waals surface area contributed by atoms with Crippen molar-refractivity contribution in [2.45, 2.75) is 76.8 Å².